The van der Waals surface area contributed by atoms with Crippen LogP contribution in [0.4, 0.5) is 5.69 Å². The molecule has 0 spiro atoms. The topological polar surface area (TPSA) is 103 Å². The van der Waals surface area contributed by atoms with Crippen molar-refractivity contribution >= 4 is 11.7 Å². The SMILES string of the molecule is Nc1ccc(CC2CNCCNCCN(CC(=O)O)CCN2)cc1. The third-order valence-corrected chi connectivity index (χ3v) is 4.16. The average Bonchev–Trinajstić information content (AvgIpc) is 2.53. The van der Waals surface area contributed by atoms with E-state index in [1.165, 1.54) is 5.56 Å². The lowest BCUT2D eigenvalue weighted by Gasteiger charge is -2.25. The van der Waals surface area contributed by atoms with Gasteiger partial charge in [0.05, 0.1) is 6.54 Å². The minimum atomic E-state index is -0.776. The average molecular weight is 335 g/mol. The summed E-state index contributed by atoms with van der Waals surface area (Å²) in [7, 11) is 0. The van der Waals surface area contributed by atoms with Crippen LogP contribution in [0.3, 0.4) is 0 Å². The first-order valence-electron chi connectivity index (χ1n) is 8.57. The summed E-state index contributed by atoms with van der Waals surface area (Å²) < 4.78 is 0. The van der Waals surface area contributed by atoms with E-state index in [0.29, 0.717) is 6.04 Å². The van der Waals surface area contributed by atoms with Crippen LogP contribution in [0.15, 0.2) is 24.3 Å². The fraction of sp³-hybridized carbons (Fsp3) is 0.588. The number of nitrogens with zero attached hydrogens (tertiary/aromatic N) is 1. The van der Waals surface area contributed by atoms with Gasteiger partial charge in [0.1, 0.15) is 0 Å². The maximum Gasteiger partial charge on any atom is 0.317 e. The lowest BCUT2D eigenvalue weighted by atomic mass is 10.1. The summed E-state index contributed by atoms with van der Waals surface area (Å²) in [5, 5.41) is 19.4. The molecule has 0 amide bonds. The molecule has 6 N–H and O–H groups in total. The summed E-state index contributed by atoms with van der Waals surface area (Å²) in [6, 6.07) is 8.28. The Morgan fingerprint density at radius 1 is 1.12 bits per heavy atom. The number of anilines is 1. The van der Waals surface area contributed by atoms with Crippen LogP contribution in [-0.4, -0.2) is 74.4 Å². The highest BCUT2D eigenvalue weighted by Gasteiger charge is 2.13. The van der Waals surface area contributed by atoms with Gasteiger partial charge in [-0.1, -0.05) is 12.1 Å². The summed E-state index contributed by atoms with van der Waals surface area (Å²) in [4.78, 5) is 12.9. The molecule has 1 aromatic rings. The van der Waals surface area contributed by atoms with Crippen molar-refractivity contribution in [2.75, 3.05) is 58.1 Å². The van der Waals surface area contributed by atoms with Gasteiger partial charge in [-0.05, 0) is 24.1 Å². The van der Waals surface area contributed by atoms with Gasteiger partial charge in [0, 0.05) is 57.5 Å². The number of nitrogens with one attached hydrogen (secondary N) is 3. The molecule has 1 atom stereocenters. The smallest absolute Gasteiger partial charge is 0.317 e. The van der Waals surface area contributed by atoms with E-state index in [1.54, 1.807) is 0 Å². The summed E-state index contributed by atoms with van der Waals surface area (Å²) in [5.74, 6) is -0.776. The van der Waals surface area contributed by atoms with Crippen LogP contribution in [0.2, 0.25) is 0 Å². The molecule has 1 fully saturated rings. The third-order valence-electron chi connectivity index (χ3n) is 4.16. The molecular formula is C17H29N5O2. The molecule has 1 heterocycles. The number of carboxylic acids is 1. The van der Waals surface area contributed by atoms with Gasteiger partial charge in [0.2, 0.25) is 0 Å². The molecule has 24 heavy (non-hydrogen) atoms. The zero-order valence-electron chi connectivity index (χ0n) is 14.1. The maximum absolute atomic E-state index is 11.0. The lowest BCUT2D eigenvalue weighted by molar-refractivity contribution is -0.138. The lowest BCUT2D eigenvalue weighted by Crippen LogP contribution is -2.47. The van der Waals surface area contributed by atoms with E-state index in [4.69, 9.17) is 10.8 Å². The highest BCUT2D eigenvalue weighted by molar-refractivity contribution is 5.69. The fourth-order valence-corrected chi connectivity index (χ4v) is 2.86. The largest absolute Gasteiger partial charge is 0.480 e. The van der Waals surface area contributed by atoms with Gasteiger partial charge < -0.3 is 26.8 Å². The quantitative estimate of drug-likeness (QED) is 0.466. The van der Waals surface area contributed by atoms with Gasteiger partial charge >= 0.3 is 5.97 Å². The second-order valence-electron chi connectivity index (χ2n) is 6.22. The summed E-state index contributed by atoms with van der Waals surface area (Å²) in [6.07, 6.45) is 0.916. The third kappa shape index (κ3) is 7.27. The Hall–Kier alpha value is -1.67. The second kappa shape index (κ2) is 10.2. The van der Waals surface area contributed by atoms with E-state index in [0.717, 1.165) is 57.9 Å². The van der Waals surface area contributed by atoms with Crippen molar-refractivity contribution in [3.05, 3.63) is 29.8 Å². The molecule has 0 radical (unpaired) electrons. The molecule has 1 aromatic carbocycles. The molecule has 1 aliphatic rings. The van der Waals surface area contributed by atoms with E-state index in [-0.39, 0.29) is 6.54 Å². The van der Waals surface area contributed by atoms with Crippen molar-refractivity contribution in [1.82, 2.24) is 20.9 Å². The van der Waals surface area contributed by atoms with Gasteiger partial charge in [0.15, 0.2) is 0 Å². The Morgan fingerprint density at radius 3 is 2.58 bits per heavy atom. The summed E-state index contributed by atoms with van der Waals surface area (Å²) >= 11 is 0. The summed E-state index contributed by atoms with van der Waals surface area (Å²) in [6.45, 7) is 5.81. The van der Waals surface area contributed by atoms with Crippen LogP contribution in [0.5, 0.6) is 0 Å². The predicted octanol–water partition coefficient (Wildman–Crippen LogP) is -0.651. The molecule has 7 heteroatoms. The monoisotopic (exact) mass is 335 g/mol. The molecule has 0 aliphatic carbocycles. The van der Waals surface area contributed by atoms with E-state index in [9.17, 15) is 4.79 Å². The van der Waals surface area contributed by atoms with Crippen molar-refractivity contribution in [3.8, 4) is 0 Å². The number of carboxylic acid groups (broad SMARTS) is 1. The molecular weight excluding hydrogens is 306 g/mol. The molecule has 1 unspecified atom stereocenters. The van der Waals surface area contributed by atoms with E-state index in [2.05, 4.69) is 28.1 Å². The number of nitrogens with two attached hydrogens (primary N) is 1. The van der Waals surface area contributed by atoms with E-state index < -0.39 is 5.97 Å². The molecule has 0 bridgehead atoms. The van der Waals surface area contributed by atoms with Crippen LogP contribution in [0.25, 0.3) is 0 Å². The predicted molar refractivity (Wildman–Crippen MR) is 96.2 cm³/mol. The van der Waals surface area contributed by atoms with Gasteiger partial charge in [-0.15, -0.1) is 0 Å². The van der Waals surface area contributed by atoms with Gasteiger partial charge in [-0.25, -0.2) is 0 Å². The molecule has 1 saturated heterocycles. The number of nitrogen functional groups attached to an aromatic ring is 1. The molecule has 0 saturated carbocycles. The number of hydrogen-bond donors (Lipinski definition) is 5. The van der Waals surface area contributed by atoms with Crippen molar-refractivity contribution in [3.63, 3.8) is 0 Å². The van der Waals surface area contributed by atoms with Crippen LogP contribution >= 0.6 is 0 Å². The van der Waals surface area contributed by atoms with Crippen LogP contribution in [0, 0.1) is 0 Å². The Labute approximate surface area is 143 Å². The van der Waals surface area contributed by atoms with Crippen LogP contribution < -0.4 is 21.7 Å². The van der Waals surface area contributed by atoms with E-state index in [1.807, 2.05) is 17.0 Å². The molecule has 7 nitrogen and oxygen atoms in total. The van der Waals surface area contributed by atoms with Gasteiger partial charge in [-0.2, -0.15) is 0 Å². The minimum Gasteiger partial charge on any atom is -0.480 e. The van der Waals surface area contributed by atoms with Crippen LogP contribution in [-0.2, 0) is 11.2 Å². The number of aliphatic carboxylic acids is 1. The first-order chi connectivity index (χ1) is 11.6. The fourth-order valence-electron chi connectivity index (χ4n) is 2.86. The number of carbonyl (C=O) groups is 1. The molecule has 0 aromatic heterocycles. The van der Waals surface area contributed by atoms with Crippen molar-refractivity contribution < 1.29 is 9.90 Å². The van der Waals surface area contributed by atoms with Crippen molar-refractivity contribution in [1.29, 1.82) is 0 Å². The maximum atomic E-state index is 11.0. The highest BCUT2D eigenvalue weighted by atomic mass is 16.4. The molecule has 1 aliphatic heterocycles. The Balaban J connectivity index is 1.89. The summed E-state index contributed by atoms with van der Waals surface area (Å²) in [5.41, 5.74) is 7.77. The molecule has 2 rings (SSSR count). The number of benzene rings is 1. The van der Waals surface area contributed by atoms with E-state index >= 15 is 0 Å². The zero-order chi connectivity index (χ0) is 17.2. The first kappa shape index (κ1) is 18.7. The van der Waals surface area contributed by atoms with Crippen molar-refractivity contribution in [2.24, 2.45) is 0 Å². The Morgan fingerprint density at radius 2 is 1.83 bits per heavy atom. The van der Waals surface area contributed by atoms with Gasteiger partial charge in [-0.3, -0.25) is 9.69 Å². The normalized spacial score (nSPS) is 21.6. The standard InChI is InChI=1S/C17H29N5O2/c18-15-3-1-14(2-4-15)11-16-12-20-6-5-19-7-9-22(10-8-21-16)13-17(23)24/h1-4,16,19-21H,5-13,18H2,(H,23,24). The Kier molecular flexibility index (Phi) is 7.97. The Bertz CT molecular complexity index is 494. The second-order valence-corrected chi connectivity index (χ2v) is 6.22. The number of rotatable bonds is 4. The van der Waals surface area contributed by atoms with Gasteiger partial charge in [0.25, 0.3) is 0 Å². The minimum absolute atomic E-state index is 0.0875. The first-order valence-corrected chi connectivity index (χ1v) is 8.57. The zero-order valence-corrected chi connectivity index (χ0v) is 14.1. The van der Waals surface area contributed by atoms with Crippen molar-refractivity contribution in [2.45, 2.75) is 12.5 Å². The highest BCUT2D eigenvalue weighted by Crippen LogP contribution is 2.08. The molecule has 134 valence electrons. The number of hydrogen-bond acceptors (Lipinski definition) is 6. The van der Waals surface area contributed by atoms with Crippen LogP contribution in [0.1, 0.15) is 5.56 Å².